The van der Waals surface area contributed by atoms with Crippen LogP contribution in [-0.4, -0.2) is 28.0 Å². The van der Waals surface area contributed by atoms with Crippen molar-refractivity contribution in [2.45, 2.75) is 11.3 Å². The SMILES string of the molecule is O=C(c1ccc(-n2cccn2)cc1)N1CCCSc2ccccc21. The van der Waals surface area contributed by atoms with Gasteiger partial charge in [0.05, 0.1) is 11.4 Å². The maximum atomic E-state index is 13.0. The first-order valence-corrected chi connectivity index (χ1v) is 8.95. The van der Waals surface area contributed by atoms with E-state index < -0.39 is 0 Å². The zero-order valence-electron chi connectivity index (χ0n) is 13.1. The van der Waals surface area contributed by atoms with Crippen molar-refractivity contribution in [3.63, 3.8) is 0 Å². The van der Waals surface area contributed by atoms with Crippen LogP contribution >= 0.6 is 11.8 Å². The molecule has 0 aliphatic carbocycles. The van der Waals surface area contributed by atoms with Crippen LogP contribution in [0.4, 0.5) is 5.69 Å². The highest BCUT2D eigenvalue weighted by Gasteiger charge is 2.22. The Morgan fingerprint density at radius 2 is 1.88 bits per heavy atom. The van der Waals surface area contributed by atoms with Gasteiger partial charge in [-0.25, -0.2) is 4.68 Å². The maximum absolute atomic E-state index is 13.0. The number of carbonyl (C=O) groups is 1. The van der Waals surface area contributed by atoms with Crippen LogP contribution in [0.5, 0.6) is 0 Å². The molecule has 1 aliphatic rings. The van der Waals surface area contributed by atoms with Gasteiger partial charge in [0.1, 0.15) is 0 Å². The summed E-state index contributed by atoms with van der Waals surface area (Å²) in [4.78, 5) is 16.1. The molecule has 1 amide bonds. The second-order valence-electron chi connectivity index (χ2n) is 5.62. The van der Waals surface area contributed by atoms with Crippen LogP contribution in [0.25, 0.3) is 5.69 Å². The molecule has 4 rings (SSSR count). The molecule has 24 heavy (non-hydrogen) atoms. The Kier molecular flexibility index (Phi) is 4.09. The van der Waals surface area contributed by atoms with Crippen LogP contribution in [0.3, 0.4) is 0 Å². The van der Waals surface area contributed by atoms with Gasteiger partial charge in [-0.1, -0.05) is 12.1 Å². The smallest absolute Gasteiger partial charge is 0.258 e. The first-order chi connectivity index (χ1) is 11.8. The van der Waals surface area contributed by atoms with Gasteiger partial charge >= 0.3 is 0 Å². The Balaban J connectivity index is 1.64. The number of aromatic nitrogens is 2. The zero-order chi connectivity index (χ0) is 16.4. The molecule has 0 bridgehead atoms. The lowest BCUT2D eigenvalue weighted by atomic mass is 10.1. The van der Waals surface area contributed by atoms with Gasteiger partial charge in [0.15, 0.2) is 0 Å². The molecule has 3 aromatic rings. The van der Waals surface area contributed by atoms with E-state index in [4.69, 9.17) is 0 Å². The fraction of sp³-hybridized carbons (Fsp3) is 0.158. The molecule has 0 spiro atoms. The third kappa shape index (κ3) is 2.83. The lowest BCUT2D eigenvalue weighted by Gasteiger charge is -2.22. The zero-order valence-corrected chi connectivity index (χ0v) is 13.9. The lowest BCUT2D eigenvalue weighted by molar-refractivity contribution is 0.0986. The minimum atomic E-state index is 0.0527. The summed E-state index contributed by atoms with van der Waals surface area (Å²) in [7, 11) is 0. The van der Waals surface area contributed by atoms with Gasteiger partial charge in [0, 0.05) is 29.4 Å². The molecule has 0 radical (unpaired) electrons. The average Bonchev–Trinajstić information content (AvgIpc) is 3.08. The van der Waals surface area contributed by atoms with Crippen molar-refractivity contribution >= 4 is 23.4 Å². The van der Waals surface area contributed by atoms with Gasteiger partial charge in [-0.2, -0.15) is 5.10 Å². The molecule has 0 saturated heterocycles. The second-order valence-corrected chi connectivity index (χ2v) is 6.76. The number of amides is 1. The topological polar surface area (TPSA) is 38.1 Å². The molecule has 2 aromatic carbocycles. The number of carbonyl (C=O) groups excluding carboxylic acids is 1. The van der Waals surface area contributed by atoms with E-state index in [0.29, 0.717) is 5.56 Å². The Hall–Kier alpha value is -2.53. The normalized spacial score (nSPS) is 14.1. The quantitative estimate of drug-likeness (QED) is 0.710. The summed E-state index contributed by atoms with van der Waals surface area (Å²) in [6, 6.07) is 17.6. The fourth-order valence-electron chi connectivity index (χ4n) is 2.87. The molecule has 0 unspecified atom stereocenters. The predicted octanol–water partition coefficient (Wildman–Crippen LogP) is 4.01. The number of thioether (sulfide) groups is 1. The van der Waals surface area contributed by atoms with Crippen molar-refractivity contribution in [1.29, 1.82) is 0 Å². The molecule has 1 aliphatic heterocycles. The van der Waals surface area contributed by atoms with Gasteiger partial charge in [-0.15, -0.1) is 11.8 Å². The Bertz CT molecular complexity index is 843. The van der Waals surface area contributed by atoms with Crippen LogP contribution in [0.15, 0.2) is 71.9 Å². The number of fused-ring (bicyclic) bond motifs is 1. The van der Waals surface area contributed by atoms with Gasteiger partial charge < -0.3 is 4.90 Å². The van der Waals surface area contributed by atoms with E-state index in [1.54, 1.807) is 10.9 Å². The minimum absolute atomic E-state index is 0.0527. The summed E-state index contributed by atoms with van der Waals surface area (Å²) < 4.78 is 1.78. The molecule has 2 heterocycles. The molecule has 4 nitrogen and oxygen atoms in total. The maximum Gasteiger partial charge on any atom is 0.258 e. The largest absolute Gasteiger partial charge is 0.307 e. The van der Waals surface area contributed by atoms with Crippen molar-refractivity contribution < 1.29 is 4.79 Å². The molecule has 0 atom stereocenters. The van der Waals surface area contributed by atoms with Crippen molar-refractivity contribution in [2.24, 2.45) is 0 Å². The van der Waals surface area contributed by atoms with E-state index >= 15 is 0 Å². The second kappa shape index (κ2) is 6.53. The third-order valence-electron chi connectivity index (χ3n) is 4.07. The number of benzene rings is 2. The van der Waals surface area contributed by atoms with Crippen molar-refractivity contribution in [1.82, 2.24) is 9.78 Å². The van der Waals surface area contributed by atoms with Crippen LogP contribution < -0.4 is 4.90 Å². The van der Waals surface area contributed by atoms with E-state index in [9.17, 15) is 4.79 Å². The van der Waals surface area contributed by atoms with Crippen molar-refractivity contribution in [3.8, 4) is 5.69 Å². The molecule has 0 saturated carbocycles. The molecule has 5 heteroatoms. The Labute approximate surface area is 145 Å². The number of nitrogens with zero attached hydrogens (tertiary/aromatic N) is 3. The van der Waals surface area contributed by atoms with Crippen molar-refractivity contribution in [3.05, 3.63) is 72.6 Å². The van der Waals surface area contributed by atoms with Crippen LogP contribution in [0.1, 0.15) is 16.8 Å². The van der Waals surface area contributed by atoms with Gasteiger partial charge in [0.2, 0.25) is 0 Å². The Morgan fingerprint density at radius 1 is 1.04 bits per heavy atom. The van der Waals surface area contributed by atoms with E-state index in [2.05, 4.69) is 11.2 Å². The first-order valence-electron chi connectivity index (χ1n) is 7.97. The van der Waals surface area contributed by atoms with Gasteiger partial charge in [0.25, 0.3) is 5.91 Å². The summed E-state index contributed by atoms with van der Waals surface area (Å²) in [5.74, 6) is 1.09. The highest BCUT2D eigenvalue weighted by molar-refractivity contribution is 7.99. The van der Waals surface area contributed by atoms with Gasteiger partial charge in [-0.05, 0) is 54.6 Å². The van der Waals surface area contributed by atoms with Crippen LogP contribution in [0, 0.1) is 0 Å². The van der Waals surface area contributed by atoms with E-state index in [-0.39, 0.29) is 5.91 Å². The number of para-hydroxylation sites is 1. The summed E-state index contributed by atoms with van der Waals surface area (Å²) in [5.41, 5.74) is 2.66. The molecular formula is C19H17N3OS. The van der Waals surface area contributed by atoms with E-state index in [1.165, 1.54) is 4.90 Å². The summed E-state index contributed by atoms with van der Waals surface area (Å²) >= 11 is 1.82. The average molecular weight is 335 g/mol. The first kappa shape index (κ1) is 15.0. The predicted molar refractivity (Wildman–Crippen MR) is 97.0 cm³/mol. The summed E-state index contributed by atoms with van der Waals surface area (Å²) in [5, 5.41) is 4.21. The van der Waals surface area contributed by atoms with Crippen molar-refractivity contribution in [2.75, 3.05) is 17.2 Å². The van der Waals surface area contributed by atoms with E-state index in [0.717, 1.165) is 30.1 Å². The van der Waals surface area contributed by atoms with Crippen LogP contribution in [-0.2, 0) is 0 Å². The molecule has 1 aromatic heterocycles. The molecule has 0 N–H and O–H groups in total. The number of hydrogen-bond donors (Lipinski definition) is 0. The summed E-state index contributed by atoms with van der Waals surface area (Å²) in [6.45, 7) is 0.754. The lowest BCUT2D eigenvalue weighted by Crippen LogP contribution is -2.31. The fourth-order valence-corrected chi connectivity index (χ4v) is 3.87. The standard InChI is InChI=1S/C19H17N3OS/c23-19(15-7-9-16(10-8-15)22-13-3-11-20-22)21-12-4-14-24-18-6-2-1-5-17(18)21/h1-3,5-11,13H,4,12,14H2. The Morgan fingerprint density at radius 3 is 2.67 bits per heavy atom. The molecular weight excluding hydrogens is 318 g/mol. The number of anilines is 1. The molecule has 0 fully saturated rings. The van der Waals surface area contributed by atoms with Gasteiger partial charge in [-0.3, -0.25) is 4.79 Å². The molecule has 120 valence electrons. The van der Waals surface area contributed by atoms with Crippen LogP contribution in [0.2, 0.25) is 0 Å². The van der Waals surface area contributed by atoms with E-state index in [1.807, 2.05) is 71.4 Å². The number of hydrogen-bond acceptors (Lipinski definition) is 3. The number of rotatable bonds is 2. The monoisotopic (exact) mass is 335 g/mol. The minimum Gasteiger partial charge on any atom is -0.307 e. The third-order valence-corrected chi connectivity index (χ3v) is 5.22. The highest BCUT2D eigenvalue weighted by atomic mass is 32.2. The summed E-state index contributed by atoms with van der Waals surface area (Å²) in [6.07, 6.45) is 4.63. The highest BCUT2D eigenvalue weighted by Crippen LogP contribution is 2.34.